The molecule has 1 aromatic carbocycles. The van der Waals surface area contributed by atoms with Crippen molar-refractivity contribution in [2.75, 3.05) is 31.5 Å². The number of nitrogens with one attached hydrogen (secondary N) is 3. The first-order valence-corrected chi connectivity index (χ1v) is 10.9. The molecule has 1 saturated carbocycles. The van der Waals surface area contributed by atoms with Gasteiger partial charge in [-0.1, -0.05) is 25.0 Å². The van der Waals surface area contributed by atoms with Gasteiger partial charge in [-0.05, 0) is 50.3 Å². The molecule has 0 radical (unpaired) electrons. The molecule has 1 aliphatic heterocycles. The van der Waals surface area contributed by atoms with Crippen molar-refractivity contribution in [1.29, 1.82) is 0 Å². The molecule has 1 aliphatic carbocycles. The molecule has 1 saturated heterocycles. The Bertz CT molecular complexity index is 728. The molecule has 0 spiro atoms. The number of amides is 2. The van der Waals surface area contributed by atoms with Crippen molar-refractivity contribution in [2.24, 2.45) is 10.9 Å². The highest BCUT2D eigenvalue weighted by atomic mass is 127. The monoisotopic (exact) mass is 527 g/mol. The second-order valence-electron chi connectivity index (χ2n) is 7.81. The Balaban J connectivity index is 0.00000320. The summed E-state index contributed by atoms with van der Waals surface area (Å²) in [7, 11) is 0. The van der Waals surface area contributed by atoms with Gasteiger partial charge in [-0.25, -0.2) is 4.99 Å². The van der Waals surface area contributed by atoms with E-state index in [-0.39, 0.29) is 48.3 Å². The van der Waals surface area contributed by atoms with E-state index in [2.05, 4.69) is 20.9 Å². The van der Waals surface area contributed by atoms with Crippen molar-refractivity contribution in [3.63, 3.8) is 0 Å². The van der Waals surface area contributed by atoms with Crippen LogP contribution in [0.15, 0.2) is 29.3 Å². The van der Waals surface area contributed by atoms with Gasteiger partial charge >= 0.3 is 0 Å². The number of halogens is 1. The molecule has 8 heteroatoms. The van der Waals surface area contributed by atoms with Crippen LogP contribution in [0.1, 0.15) is 51.0 Å². The van der Waals surface area contributed by atoms with Crippen molar-refractivity contribution < 1.29 is 9.59 Å². The van der Waals surface area contributed by atoms with Gasteiger partial charge in [0.05, 0.1) is 13.1 Å². The summed E-state index contributed by atoms with van der Waals surface area (Å²) in [4.78, 5) is 31.1. The minimum Gasteiger partial charge on any atom is -0.357 e. The first-order chi connectivity index (χ1) is 14.2. The number of hydrogen-bond acceptors (Lipinski definition) is 3. The van der Waals surface area contributed by atoms with Crippen LogP contribution in [0.3, 0.4) is 0 Å². The van der Waals surface area contributed by atoms with Crippen molar-refractivity contribution >= 4 is 47.4 Å². The summed E-state index contributed by atoms with van der Waals surface area (Å²) in [5.74, 6) is 1.01. The number of rotatable bonds is 7. The van der Waals surface area contributed by atoms with Crippen molar-refractivity contribution in [3.05, 3.63) is 29.8 Å². The molecular formula is C22H34IN5O2. The van der Waals surface area contributed by atoms with Crippen LogP contribution >= 0.6 is 24.0 Å². The van der Waals surface area contributed by atoms with E-state index in [1.54, 1.807) is 0 Å². The van der Waals surface area contributed by atoms with E-state index in [0.717, 1.165) is 69.4 Å². The SMILES string of the molecule is CCNC(=NCc1cccc(NC(=O)C2CCCC2)c1)NCC(=O)N1CCCC1.I. The molecule has 0 unspecified atom stereocenters. The largest absolute Gasteiger partial charge is 0.357 e. The van der Waals surface area contributed by atoms with Crippen LogP contribution in [-0.4, -0.2) is 48.9 Å². The first kappa shape index (κ1) is 24.4. The lowest BCUT2D eigenvalue weighted by Crippen LogP contribution is -2.44. The lowest BCUT2D eigenvalue weighted by Gasteiger charge is -2.17. The summed E-state index contributed by atoms with van der Waals surface area (Å²) in [6.07, 6.45) is 6.45. The van der Waals surface area contributed by atoms with E-state index >= 15 is 0 Å². The quantitative estimate of drug-likeness (QED) is 0.289. The summed E-state index contributed by atoms with van der Waals surface area (Å²) in [6, 6.07) is 7.81. The summed E-state index contributed by atoms with van der Waals surface area (Å²) in [5.41, 5.74) is 1.83. The number of nitrogens with zero attached hydrogens (tertiary/aromatic N) is 2. The highest BCUT2D eigenvalue weighted by Crippen LogP contribution is 2.26. The standard InChI is InChI=1S/C22H33N5O2.HI/c1-2-23-22(25-16-20(28)27-12-5-6-13-27)24-15-17-8-7-11-19(14-17)26-21(29)18-9-3-4-10-18;/h7-8,11,14,18H,2-6,9-10,12-13,15-16H2,1H3,(H,26,29)(H2,23,24,25);1H. The van der Waals surface area contributed by atoms with E-state index in [1.807, 2.05) is 36.1 Å². The number of guanidine groups is 1. The van der Waals surface area contributed by atoms with Crippen molar-refractivity contribution in [1.82, 2.24) is 15.5 Å². The van der Waals surface area contributed by atoms with E-state index in [4.69, 9.17) is 0 Å². The third-order valence-electron chi connectivity index (χ3n) is 5.55. The van der Waals surface area contributed by atoms with Gasteiger partial charge in [0.2, 0.25) is 11.8 Å². The third kappa shape index (κ3) is 7.45. The van der Waals surface area contributed by atoms with Crippen LogP contribution in [0.25, 0.3) is 0 Å². The minimum absolute atomic E-state index is 0. The Labute approximate surface area is 196 Å². The van der Waals surface area contributed by atoms with Crippen LogP contribution < -0.4 is 16.0 Å². The Hall–Kier alpha value is -1.84. The van der Waals surface area contributed by atoms with E-state index in [0.29, 0.717) is 12.5 Å². The first-order valence-electron chi connectivity index (χ1n) is 10.9. The highest BCUT2D eigenvalue weighted by Gasteiger charge is 2.22. The molecule has 2 amide bonds. The maximum absolute atomic E-state index is 12.3. The lowest BCUT2D eigenvalue weighted by molar-refractivity contribution is -0.128. The average Bonchev–Trinajstić information content (AvgIpc) is 3.44. The third-order valence-corrected chi connectivity index (χ3v) is 5.55. The predicted octanol–water partition coefficient (Wildman–Crippen LogP) is 3.11. The minimum atomic E-state index is 0. The molecule has 30 heavy (non-hydrogen) atoms. The Kier molecular flexibility index (Phi) is 10.4. The zero-order chi connectivity index (χ0) is 20.5. The Morgan fingerprint density at radius 1 is 1.10 bits per heavy atom. The summed E-state index contributed by atoms with van der Waals surface area (Å²) in [6.45, 7) is 5.16. The number of aliphatic imine (C=N–C) groups is 1. The fourth-order valence-electron chi connectivity index (χ4n) is 3.93. The van der Waals surface area contributed by atoms with Gasteiger partial charge in [-0.2, -0.15) is 0 Å². The second-order valence-corrected chi connectivity index (χ2v) is 7.81. The Morgan fingerprint density at radius 3 is 2.53 bits per heavy atom. The number of benzene rings is 1. The van der Waals surface area contributed by atoms with Crippen molar-refractivity contribution in [2.45, 2.75) is 52.0 Å². The summed E-state index contributed by atoms with van der Waals surface area (Å²) >= 11 is 0. The molecule has 0 aromatic heterocycles. The number of hydrogen-bond donors (Lipinski definition) is 3. The molecule has 7 nitrogen and oxygen atoms in total. The topological polar surface area (TPSA) is 85.8 Å². The van der Waals surface area contributed by atoms with Gasteiger partial charge in [0.25, 0.3) is 0 Å². The molecule has 0 atom stereocenters. The number of anilines is 1. The predicted molar refractivity (Wildman–Crippen MR) is 131 cm³/mol. The molecule has 3 rings (SSSR count). The van der Waals surface area contributed by atoms with E-state index < -0.39 is 0 Å². The second kappa shape index (κ2) is 12.8. The normalized spacial score (nSPS) is 16.8. The number of likely N-dealkylation sites (tertiary alicyclic amines) is 1. The molecule has 2 aliphatic rings. The van der Waals surface area contributed by atoms with Crippen LogP contribution in [0.2, 0.25) is 0 Å². The van der Waals surface area contributed by atoms with Gasteiger partial charge < -0.3 is 20.9 Å². The molecule has 1 heterocycles. The summed E-state index contributed by atoms with van der Waals surface area (Å²) in [5, 5.41) is 9.35. The van der Waals surface area contributed by atoms with Gasteiger partial charge in [0.1, 0.15) is 0 Å². The van der Waals surface area contributed by atoms with E-state index in [1.165, 1.54) is 0 Å². The van der Waals surface area contributed by atoms with Gasteiger partial charge in [-0.15, -0.1) is 24.0 Å². The number of carbonyl (C=O) groups excluding carboxylic acids is 2. The maximum atomic E-state index is 12.3. The fraction of sp³-hybridized carbons (Fsp3) is 0.591. The maximum Gasteiger partial charge on any atom is 0.241 e. The molecule has 2 fully saturated rings. The highest BCUT2D eigenvalue weighted by molar-refractivity contribution is 14.0. The average molecular weight is 527 g/mol. The smallest absolute Gasteiger partial charge is 0.241 e. The van der Waals surface area contributed by atoms with Gasteiger partial charge in [-0.3, -0.25) is 9.59 Å². The van der Waals surface area contributed by atoms with E-state index in [9.17, 15) is 9.59 Å². The summed E-state index contributed by atoms with van der Waals surface area (Å²) < 4.78 is 0. The molecule has 1 aromatic rings. The van der Waals surface area contributed by atoms with Crippen molar-refractivity contribution in [3.8, 4) is 0 Å². The lowest BCUT2D eigenvalue weighted by atomic mass is 10.1. The molecule has 3 N–H and O–H groups in total. The van der Waals surface area contributed by atoms with Crippen LogP contribution in [0, 0.1) is 5.92 Å². The van der Waals surface area contributed by atoms with Crippen LogP contribution in [0.5, 0.6) is 0 Å². The van der Waals surface area contributed by atoms with Crippen LogP contribution in [-0.2, 0) is 16.1 Å². The van der Waals surface area contributed by atoms with Gasteiger partial charge in [0.15, 0.2) is 5.96 Å². The Morgan fingerprint density at radius 2 is 1.83 bits per heavy atom. The molecular weight excluding hydrogens is 493 g/mol. The van der Waals surface area contributed by atoms with Gasteiger partial charge in [0, 0.05) is 31.2 Å². The zero-order valence-electron chi connectivity index (χ0n) is 17.8. The fourth-order valence-corrected chi connectivity index (χ4v) is 3.93. The molecule has 166 valence electrons. The zero-order valence-corrected chi connectivity index (χ0v) is 20.1. The molecule has 0 bridgehead atoms. The number of carbonyl (C=O) groups is 2. The van der Waals surface area contributed by atoms with Crippen LogP contribution in [0.4, 0.5) is 5.69 Å².